The molecule has 0 aromatic carbocycles. The van der Waals surface area contributed by atoms with E-state index >= 15 is 0 Å². The van der Waals surface area contributed by atoms with Crippen molar-refractivity contribution in [3.63, 3.8) is 0 Å². The molecule has 6 heteroatoms. The molecule has 0 radical (unpaired) electrons. The van der Waals surface area contributed by atoms with Gasteiger partial charge in [-0.25, -0.2) is 0 Å². The smallest absolute Gasteiger partial charge is 0.235 e. The van der Waals surface area contributed by atoms with Gasteiger partial charge >= 0.3 is 0 Å². The van der Waals surface area contributed by atoms with E-state index in [1.807, 2.05) is 18.4 Å². The third-order valence-corrected chi connectivity index (χ3v) is 3.71. The summed E-state index contributed by atoms with van der Waals surface area (Å²) in [5, 5.41) is 9.73. The first-order chi connectivity index (χ1) is 8.19. The van der Waals surface area contributed by atoms with Crippen LogP contribution in [0.15, 0.2) is 18.2 Å². The number of aryl methyl sites for hydroxylation is 1. The highest BCUT2D eigenvalue weighted by molar-refractivity contribution is 7.99. The molecular weight excluding hydrogens is 254 g/mol. The maximum atomic E-state index is 11.4. The topological polar surface area (TPSA) is 57.8 Å². The molecule has 4 nitrogen and oxygen atoms in total. The SMILES string of the molecule is CSCC(=O)Nc1cc(-c2ccc(C)s2)[nH]n1. The second-order valence-corrected chi connectivity index (χ2v) is 5.71. The number of amides is 1. The number of aromatic amines is 1. The van der Waals surface area contributed by atoms with Crippen LogP contribution in [-0.2, 0) is 4.79 Å². The van der Waals surface area contributed by atoms with Gasteiger partial charge in [0.1, 0.15) is 0 Å². The van der Waals surface area contributed by atoms with E-state index < -0.39 is 0 Å². The molecule has 1 amide bonds. The van der Waals surface area contributed by atoms with Crippen molar-refractivity contribution in [3.05, 3.63) is 23.1 Å². The predicted octanol–water partition coefficient (Wildman–Crippen LogP) is 2.75. The van der Waals surface area contributed by atoms with E-state index in [4.69, 9.17) is 0 Å². The van der Waals surface area contributed by atoms with E-state index in [0.29, 0.717) is 11.6 Å². The van der Waals surface area contributed by atoms with Crippen molar-refractivity contribution in [2.75, 3.05) is 17.3 Å². The number of H-pyrrole nitrogens is 1. The van der Waals surface area contributed by atoms with Crippen molar-refractivity contribution < 1.29 is 4.79 Å². The Morgan fingerprint density at radius 3 is 3.06 bits per heavy atom. The van der Waals surface area contributed by atoms with Crippen LogP contribution in [0.1, 0.15) is 4.88 Å². The molecule has 0 aliphatic carbocycles. The summed E-state index contributed by atoms with van der Waals surface area (Å²) in [5.41, 5.74) is 0.933. The van der Waals surface area contributed by atoms with Crippen molar-refractivity contribution in [2.24, 2.45) is 0 Å². The molecule has 0 fully saturated rings. The van der Waals surface area contributed by atoms with Crippen LogP contribution in [0.4, 0.5) is 5.82 Å². The Morgan fingerprint density at radius 2 is 2.41 bits per heavy atom. The summed E-state index contributed by atoms with van der Waals surface area (Å²) in [5.74, 6) is 0.989. The minimum absolute atomic E-state index is 0.0297. The van der Waals surface area contributed by atoms with E-state index in [9.17, 15) is 4.79 Å². The molecule has 2 N–H and O–H groups in total. The summed E-state index contributed by atoms with van der Waals surface area (Å²) >= 11 is 3.18. The number of aromatic nitrogens is 2. The summed E-state index contributed by atoms with van der Waals surface area (Å²) in [6, 6.07) is 5.96. The average Bonchev–Trinajstić information content (AvgIpc) is 2.87. The molecule has 0 bridgehead atoms. The molecule has 90 valence electrons. The van der Waals surface area contributed by atoms with Crippen molar-refractivity contribution in [3.8, 4) is 10.6 Å². The first-order valence-corrected chi connectivity index (χ1v) is 7.31. The Kier molecular flexibility index (Phi) is 3.86. The highest BCUT2D eigenvalue weighted by atomic mass is 32.2. The monoisotopic (exact) mass is 267 g/mol. The molecular formula is C11H13N3OS2. The van der Waals surface area contributed by atoms with Gasteiger partial charge < -0.3 is 5.32 Å². The van der Waals surface area contributed by atoms with Crippen molar-refractivity contribution >= 4 is 34.8 Å². The van der Waals surface area contributed by atoms with Crippen LogP contribution in [0, 0.1) is 6.92 Å². The van der Waals surface area contributed by atoms with Gasteiger partial charge in [-0.3, -0.25) is 9.89 Å². The first kappa shape index (κ1) is 12.2. The molecule has 2 aromatic rings. The lowest BCUT2D eigenvalue weighted by Gasteiger charge is -1.97. The van der Waals surface area contributed by atoms with Crippen LogP contribution in [0.2, 0.25) is 0 Å². The lowest BCUT2D eigenvalue weighted by molar-refractivity contribution is -0.113. The fraction of sp³-hybridized carbons (Fsp3) is 0.273. The number of thiophene rings is 1. The summed E-state index contributed by atoms with van der Waals surface area (Å²) < 4.78 is 0. The van der Waals surface area contributed by atoms with Crippen LogP contribution >= 0.6 is 23.1 Å². The lowest BCUT2D eigenvalue weighted by atomic mass is 10.3. The first-order valence-electron chi connectivity index (χ1n) is 5.10. The third kappa shape index (κ3) is 3.10. The standard InChI is InChI=1S/C11H13N3OS2/c1-7-3-4-9(17-7)8-5-10(14-13-8)12-11(15)6-16-2/h3-5H,6H2,1-2H3,(H2,12,13,14,15). The van der Waals surface area contributed by atoms with Gasteiger partial charge in [-0.2, -0.15) is 16.9 Å². The maximum Gasteiger partial charge on any atom is 0.235 e. The quantitative estimate of drug-likeness (QED) is 0.895. The average molecular weight is 267 g/mol. The van der Waals surface area contributed by atoms with Gasteiger partial charge in [0.25, 0.3) is 0 Å². The number of nitrogens with zero attached hydrogens (tertiary/aromatic N) is 1. The van der Waals surface area contributed by atoms with Crippen LogP contribution < -0.4 is 5.32 Å². The Morgan fingerprint density at radius 1 is 1.59 bits per heavy atom. The second kappa shape index (κ2) is 5.37. The van der Waals surface area contributed by atoms with Crippen LogP contribution in [0.25, 0.3) is 10.6 Å². The third-order valence-electron chi connectivity index (χ3n) is 2.13. The van der Waals surface area contributed by atoms with E-state index in [1.54, 1.807) is 11.3 Å². The molecule has 2 heterocycles. The van der Waals surface area contributed by atoms with Gasteiger partial charge in [0, 0.05) is 10.9 Å². The number of anilines is 1. The van der Waals surface area contributed by atoms with E-state index in [-0.39, 0.29) is 5.91 Å². The fourth-order valence-electron chi connectivity index (χ4n) is 1.40. The Balaban J connectivity index is 2.08. The fourth-order valence-corrected chi connectivity index (χ4v) is 2.57. The molecule has 0 aliphatic heterocycles. The maximum absolute atomic E-state index is 11.4. The normalized spacial score (nSPS) is 10.5. The highest BCUT2D eigenvalue weighted by Gasteiger charge is 2.07. The van der Waals surface area contributed by atoms with Crippen molar-refractivity contribution in [1.82, 2.24) is 10.2 Å². The molecule has 0 aliphatic rings. The number of carbonyl (C=O) groups excluding carboxylic acids is 1. The zero-order valence-electron chi connectivity index (χ0n) is 9.61. The number of nitrogens with one attached hydrogen (secondary N) is 2. The Labute approximate surface area is 108 Å². The van der Waals surface area contributed by atoms with E-state index in [0.717, 1.165) is 10.6 Å². The Bertz CT molecular complexity index is 518. The molecule has 17 heavy (non-hydrogen) atoms. The van der Waals surface area contributed by atoms with Crippen LogP contribution in [-0.4, -0.2) is 28.1 Å². The summed E-state index contributed by atoms with van der Waals surface area (Å²) in [4.78, 5) is 13.8. The zero-order chi connectivity index (χ0) is 12.3. The minimum Gasteiger partial charge on any atom is -0.308 e. The van der Waals surface area contributed by atoms with E-state index in [1.165, 1.54) is 16.6 Å². The van der Waals surface area contributed by atoms with Crippen LogP contribution in [0.3, 0.4) is 0 Å². The highest BCUT2D eigenvalue weighted by Crippen LogP contribution is 2.27. The second-order valence-electron chi connectivity index (χ2n) is 3.56. The lowest BCUT2D eigenvalue weighted by Crippen LogP contribution is -2.13. The molecule has 0 saturated heterocycles. The summed E-state index contributed by atoms with van der Waals surface area (Å²) in [7, 11) is 0. The van der Waals surface area contributed by atoms with Gasteiger partial charge in [0.05, 0.1) is 16.3 Å². The number of rotatable bonds is 4. The number of hydrogen-bond acceptors (Lipinski definition) is 4. The van der Waals surface area contributed by atoms with Gasteiger partial charge in [-0.05, 0) is 25.3 Å². The van der Waals surface area contributed by atoms with Gasteiger partial charge in [-0.15, -0.1) is 11.3 Å². The number of thioether (sulfide) groups is 1. The molecule has 0 unspecified atom stereocenters. The van der Waals surface area contributed by atoms with Gasteiger partial charge in [0.15, 0.2) is 5.82 Å². The number of hydrogen-bond donors (Lipinski definition) is 2. The molecule has 0 saturated carbocycles. The summed E-state index contributed by atoms with van der Waals surface area (Å²) in [6.07, 6.45) is 1.89. The molecule has 0 atom stereocenters. The van der Waals surface area contributed by atoms with Crippen molar-refractivity contribution in [2.45, 2.75) is 6.92 Å². The predicted molar refractivity (Wildman–Crippen MR) is 73.6 cm³/mol. The molecule has 2 aromatic heterocycles. The van der Waals surface area contributed by atoms with Crippen LogP contribution in [0.5, 0.6) is 0 Å². The minimum atomic E-state index is -0.0297. The van der Waals surface area contributed by atoms with Gasteiger partial charge in [0.2, 0.25) is 5.91 Å². The van der Waals surface area contributed by atoms with Crippen molar-refractivity contribution in [1.29, 1.82) is 0 Å². The molecule has 2 rings (SSSR count). The largest absolute Gasteiger partial charge is 0.308 e. The number of carbonyl (C=O) groups is 1. The zero-order valence-corrected chi connectivity index (χ0v) is 11.2. The summed E-state index contributed by atoms with van der Waals surface area (Å²) in [6.45, 7) is 2.06. The van der Waals surface area contributed by atoms with E-state index in [2.05, 4.69) is 28.5 Å². The van der Waals surface area contributed by atoms with Gasteiger partial charge in [-0.1, -0.05) is 0 Å². The Hall–Kier alpha value is -1.27. The molecule has 0 spiro atoms.